The van der Waals surface area contributed by atoms with Gasteiger partial charge in [-0.2, -0.15) is 0 Å². The van der Waals surface area contributed by atoms with Crippen LogP contribution in [0.2, 0.25) is 5.02 Å². The fraction of sp³-hybridized carbons (Fsp3) is 0.100. The van der Waals surface area contributed by atoms with Crippen molar-refractivity contribution in [2.75, 3.05) is 16.9 Å². The molecule has 0 saturated carbocycles. The van der Waals surface area contributed by atoms with Gasteiger partial charge in [-0.05, 0) is 80.7 Å². The molecule has 11 heteroatoms. The average Bonchev–Trinajstić information content (AvgIpc) is 2.95. The Kier molecular flexibility index (Phi) is 7.27. The van der Waals surface area contributed by atoms with Crippen LogP contribution in [-0.2, 0) is 9.84 Å². The third kappa shape index (κ3) is 5.56. The maximum absolute atomic E-state index is 12.6. The predicted molar refractivity (Wildman–Crippen MR) is 131 cm³/mol. The molecule has 31 heavy (non-hydrogen) atoms. The number of amides is 2. The molecule has 1 heterocycles. The van der Waals surface area contributed by atoms with Gasteiger partial charge in [0.2, 0.25) is 0 Å². The van der Waals surface area contributed by atoms with Crippen molar-refractivity contribution < 1.29 is 18.0 Å². The number of sulfone groups is 1. The van der Waals surface area contributed by atoms with Crippen LogP contribution in [0.3, 0.4) is 0 Å². The minimum absolute atomic E-state index is 0.0471. The Labute approximate surface area is 205 Å². The van der Waals surface area contributed by atoms with Crippen molar-refractivity contribution in [2.24, 2.45) is 0 Å². The molecule has 0 aliphatic heterocycles. The molecule has 0 radical (unpaired) electrons. The van der Waals surface area contributed by atoms with Crippen LogP contribution < -0.4 is 10.6 Å². The summed E-state index contributed by atoms with van der Waals surface area (Å²) in [6.45, 7) is 1.84. The van der Waals surface area contributed by atoms with Crippen LogP contribution >= 0.6 is 54.8 Å². The van der Waals surface area contributed by atoms with Gasteiger partial charge in [-0.15, -0.1) is 11.3 Å². The number of nitrogens with one attached hydrogen (secondary N) is 2. The molecule has 6 nitrogen and oxygen atoms in total. The summed E-state index contributed by atoms with van der Waals surface area (Å²) in [5.74, 6) is -0.802. The zero-order chi connectivity index (χ0) is 22.9. The Morgan fingerprint density at radius 3 is 2.29 bits per heavy atom. The van der Waals surface area contributed by atoms with E-state index in [0.29, 0.717) is 20.7 Å². The van der Waals surface area contributed by atoms with Gasteiger partial charge in [0.15, 0.2) is 9.84 Å². The highest BCUT2D eigenvalue weighted by atomic mass is 79.9. The van der Waals surface area contributed by atoms with E-state index < -0.39 is 15.7 Å². The molecule has 0 bridgehead atoms. The second kappa shape index (κ2) is 9.41. The molecule has 2 N–H and O–H groups in total. The van der Waals surface area contributed by atoms with Crippen LogP contribution in [0.1, 0.15) is 26.3 Å². The van der Waals surface area contributed by atoms with Gasteiger partial charge in [0.25, 0.3) is 11.8 Å². The first-order valence-electron chi connectivity index (χ1n) is 8.64. The zero-order valence-corrected chi connectivity index (χ0v) is 21.7. The standard InChI is InChI=1S/C20H15Br2ClN2O4S2/c1-10-16(18(22)30-17(10)21)20(27)24-12-6-7-15(14(23)9-12)25-19(26)11-4-3-5-13(8-11)31(2,28)29/h3-9H,1-2H3,(H,24,27)(H,25,26). The Morgan fingerprint density at radius 2 is 1.71 bits per heavy atom. The van der Waals surface area contributed by atoms with Gasteiger partial charge >= 0.3 is 0 Å². The first kappa shape index (κ1) is 23.9. The summed E-state index contributed by atoms with van der Waals surface area (Å²) in [6.07, 6.45) is 1.07. The molecule has 2 aromatic carbocycles. The average molecular weight is 607 g/mol. The number of rotatable bonds is 5. The van der Waals surface area contributed by atoms with Crippen LogP contribution in [0.25, 0.3) is 0 Å². The topological polar surface area (TPSA) is 92.3 Å². The Morgan fingerprint density at radius 1 is 1.00 bits per heavy atom. The second-order valence-corrected chi connectivity index (χ2v) is 12.6. The first-order valence-corrected chi connectivity index (χ1v) is 13.3. The number of hydrogen-bond acceptors (Lipinski definition) is 5. The van der Waals surface area contributed by atoms with Crippen LogP contribution in [0.4, 0.5) is 11.4 Å². The van der Waals surface area contributed by atoms with E-state index in [-0.39, 0.29) is 21.4 Å². The molecular weight excluding hydrogens is 592 g/mol. The van der Waals surface area contributed by atoms with Gasteiger partial charge in [-0.1, -0.05) is 17.7 Å². The number of benzene rings is 2. The van der Waals surface area contributed by atoms with Crippen molar-refractivity contribution in [3.8, 4) is 0 Å². The smallest absolute Gasteiger partial charge is 0.257 e. The highest BCUT2D eigenvalue weighted by Crippen LogP contribution is 2.37. The largest absolute Gasteiger partial charge is 0.322 e. The quantitative estimate of drug-likeness (QED) is 0.365. The summed E-state index contributed by atoms with van der Waals surface area (Å²) < 4.78 is 25.0. The molecule has 0 aliphatic carbocycles. The number of anilines is 2. The normalized spacial score (nSPS) is 11.3. The van der Waals surface area contributed by atoms with Crippen LogP contribution in [0, 0.1) is 6.92 Å². The van der Waals surface area contributed by atoms with E-state index in [0.717, 1.165) is 15.6 Å². The van der Waals surface area contributed by atoms with Crippen molar-refractivity contribution in [3.63, 3.8) is 0 Å². The Hall–Kier alpha value is -1.72. The fourth-order valence-electron chi connectivity index (χ4n) is 2.66. The zero-order valence-electron chi connectivity index (χ0n) is 16.1. The van der Waals surface area contributed by atoms with Crippen LogP contribution in [-0.4, -0.2) is 26.5 Å². The number of halogens is 3. The number of carbonyl (C=O) groups is 2. The van der Waals surface area contributed by atoms with Crippen LogP contribution in [0.15, 0.2) is 54.9 Å². The van der Waals surface area contributed by atoms with E-state index in [9.17, 15) is 18.0 Å². The Bertz CT molecular complexity index is 1310. The minimum atomic E-state index is -3.44. The summed E-state index contributed by atoms with van der Waals surface area (Å²) in [5.41, 5.74) is 2.31. The highest BCUT2D eigenvalue weighted by molar-refractivity contribution is 9.12. The van der Waals surface area contributed by atoms with E-state index in [1.54, 1.807) is 12.1 Å². The molecule has 3 rings (SSSR count). The van der Waals surface area contributed by atoms with Crippen molar-refractivity contribution in [2.45, 2.75) is 11.8 Å². The van der Waals surface area contributed by atoms with Crippen molar-refractivity contribution in [3.05, 3.63) is 71.8 Å². The van der Waals surface area contributed by atoms with Gasteiger partial charge in [0.05, 0.1) is 28.7 Å². The summed E-state index contributed by atoms with van der Waals surface area (Å²) in [7, 11) is -3.44. The molecule has 0 saturated heterocycles. The molecule has 0 aliphatic rings. The maximum Gasteiger partial charge on any atom is 0.257 e. The molecule has 162 valence electrons. The summed E-state index contributed by atoms with van der Waals surface area (Å²) in [5, 5.41) is 5.65. The predicted octanol–water partition coefficient (Wildman–Crippen LogP) is 6.14. The van der Waals surface area contributed by atoms with Crippen LogP contribution in [0.5, 0.6) is 0 Å². The lowest BCUT2D eigenvalue weighted by molar-refractivity contribution is 0.101. The molecule has 0 atom stereocenters. The lowest BCUT2D eigenvalue weighted by Crippen LogP contribution is -2.14. The molecule has 1 aromatic heterocycles. The van der Waals surface area contributed by atoms with E-state index >= 15 is 0 Å². The molecule has 0 unspecified atom stereocenters. The summed E-state index contributed by atoms with van der Waals surface area (Å²) in [6, 6.07) is 10.4. The lowest BCUT2D eigenvalue weighted by atomic mass is 10.2. The first-order chi connectivity index (χ1) is 14.5. The van der Waals surface area contributed by atoms with E-state index in [1.807, 2.05) is 6.92 Å². The number of hydrogen-bond donors (Lipinski definition) is 2. The summed E-state index contributed by atoms with van der Waals surface area (Å²) >= 11 is 14.5. The number of carbonyl (C=O) groups excluding carboxylic acids is 2. The van der Waals surface area contributed by atoms with Gasteiger partial charge in [-0.25, -0.2) is 8.42 Å². The number of thiophene rings is 1. The molecule has 0 fully saturated rings. The fourth-order valence-corrected chi connectivity index (χ4v) is 6.62. The monoisotopic (exact) mass is 604 g/mol. The van der Waals surface area contributed by atoms with Crippen molar-refractivity contribution in [1.82, 2.24) is 0 Å². The second-order valence-electron chi connectivity index (χ2n) is 6.55. The van der Waals surface area contributed by atoms with Gasteiger partial charge in [-0.3, -0.25) is 9.59 Å². The molecular formula is C20H15Br2ClN2O4S2. The summed E-state index contributed by atoms with van der Waals surface area (Å²) in [4.78, 5) is 25.2. The lowest BCUT2D eigenvalue weighted by Gasteiger charge is -2.11. The van der Waals surface area contributed by atoms with Crippen molar-refractivity contribution >= 4 is 87.8 Å². The van der Waals surface area contributed by atoms with E-state index in [2.05, 4.69) is 42.5 Å². The Balaban J connectivity index is 1.77. The highest BCUT2D eigenvalue weighted by Gasteiger charge is 2.19. The van der Waals surface area contributed by atoms with Gasteiger partial charge < -0.3 is 10.6 Å². The third-order valence-corrected chi connectivity index (χ3v) is 8.53. The van der Waals surface area contributed by atoms with Crippen molar-refractivity contribution in [1.29, 1.82) is 0 Å². The minimum Gasteiger partial charge on any atom is -0.322 e. The van der Waals surface area contributed by atoms with Gasteiger partial charge in [0.1, 0.15) is 0 Å². The van der Waals surface area contributed by atoms with Gasteiger partial charge in [0, 0.05) is 17.5 Å². The molecule has 2 amide bonds. The van der Waals surface area contributed by atoms with E-state index in [1.165, 1.54) is 41.7 Å². The molecule has 3 aromatic rings. The SMILES string of the molecule is Cc1c(Br)sc(Br)c1C(=O)Nc1ccc(NC(=O)c2cccc(S(C)(=O)=O)c2)c(Cl)c1. The van der Waals surface area contributed by atoms with E-state index in [4.69, 9.17) is 11.6 Å². The molecule has 0 spiro atoms. The maximum atomic E-state index is 12.6. The third-order valence-electron chi connectivity index (χ3n) is 4.27.